The second-order valence-corrected chi connectivity index (χ2v) is 8.24. The maximum atomic E-state index is 12.3. The van der Waals surface area contributed by atoms with Gasteiger partial charge in [-0.15, -0.1) is 11.3 Å². The lowest BCUT2D eigenvalue weighted by Gasteiger charge is -2.52. The molecule has 4 heterocycles. The highest BCUT2D eigenvalue weighted by Crippen LogP contribution is 2.37. The number of thiophene rings is 1. The molecule has 1 atom stereocenters. The van der Waals surface area contributed by atoms with Crippen molar-refractivity contribution in [2.24, 2.45) is 5.92 Å². The van der Waals surface area contributed by atoms with E-state index in [4.69, 9.17) is 14.6 Å². The largest absolute Gasteiger partial charge is 0.490 e. The van der Waals surface area contributed by atoms with Gasteiger partial charge >= 0.3 is 12.1 Å². The number of carboxylic acid groups (broad SMARTS) is 1. The summed E-state index contributed by atoms with van der Waals surface area (Å²) in [4.78, 5) is 32.2. The predicted molar refractivity (Wildman–Crippen MR) is 106 cm³/mol. The monoisotopic (exact) mass is 458 g/mol. The molecule has 2 aromatic rings. The molecular formula is C19H21F3N4O4S. The molecule has 0 radical (unpaired) electrons. The molecule has 0 aliphatic carbocycles. The van der Waals surface area contributed by atoms with Gasteiger partial charge in [-0.05, 0) is 36.3 Å². The number of aromatic nitrogens is 2. The summed E-state index contributed by atoms with van der Waals surface area (Å²) in [7, 11) is 0. The van der Waals surface area contributed by atoms with E-state index >= 15 is 0 Å². The standard InChI is InChI=1S/C17H20N4O2S.C2HF3O2/c22-15(14-3-1-8-24-14)21-11-17(12-21)5-4-13(10-23-17)9-20-16-18-6-2-7-19-16;3-2(4,5)1(6)7/h1-3,6-8,13H,4-5,9-12H2,(H,18,19,20);(H,6,7). The fourth-order valence-electron chi connectivity index (χ4n) is 3.30. The molecule has 31 heavy (non-hydrogen) atoms. The summed E-state index contributed by atoms with van der Waals surface area (Å²) in [6, 6.07) is 5.60. The van der Waals surface area contributed by atoms with E-state index < -0.39 is 12.1 Å². The van der Waals surface area contributed by atoms with Crippen molar-refractivity contribution in [2.75, 3.05) is 31.6 Å². The van der Waals surface area contributed by atoms with Gasteiger partial charge in [0.25, 0.3) is 5.91 Å². The summed E-state index contributed by atoms with van der Waals surface area (Å²) in [5.41, 5.74) is -0.118. The number of nitrogens with one attached hydrogen (secondary N) is 1. The normalized spacial score (nSPS) is 19.7. The molecule has 168 valence electrons. The minimum Gasteiger partial charge on any atom is -0.475 e. The van der Waals surface area contributed by atoms with E-state index in [1.54, 1.807) is 18.5 Å². The van der Waals surface area contributed by atoms with Crippen LogP contribution in [0.15, 0.2) is 36.0 Å². The van der Waals surface area contributed by atoms with Gasteiger partial charge in [0.05, 0.1) is 24.6 Å². The van der Waals surface area contributed by atoms with Crippen molar-refractivity contribution >= 4 is 29.2 Å². The lowest BCUT2D eigenvalue weighted by molar-refractivity contribution is -0.192. The highest BCUT2D eigenvalue weighted by atomic mass is 32.1. The maximum absolute atomic E-state index is 12.3. The quantitative estimate of drug-likeness (QED) is 0.726. The van der Waals surface area contributed by atoms with Crippen LogP contribution in [0, 0.1) is 5.92 Å². The highest BCUT2D eigenvalue weighted by Gasteiger charge is 2.48. The number of ether oxygens (including phenoxy) is 1. The van der Waals surface area contributed by atoms with Crippen molar-refractivity contribution in [1.82, 2.24) is 14.9 Å². The van der Waals surface area contributed by atoms with Crippen molar-refractivity contribution in [3.05, 3.63) is 40.8 Å². The summed E-state index contributed by atoms with van der Waals surface area (Å²) in [6.45, 7) is 2.97. The summed E-state index contributed by atoms with van der Waals surface area (Å²) < 4.78 is 37.9. The Hall–Kier alpha value is -2.73. The molecule has 2 aromatic heterocycles. The summed E-state index contributed by atoms with van der Waals surface area (Å²) in [5, 5.41) is 12.3. The van der Waals surface area contributed by atoms with Crippen LogP contribution in [0.25, 0.3) is 0 Å². The Balaban J connectivity index is 0.000000339. The van der Waals surface area contributed by atoms with E-state index in [-0.39, 0.29) is 11.5 Å². The first-order valence-electron chi connectivity index (χ1n) is 9.46. The van der Waals surface area contributed by atoms with Crippen LogP contribution in [0.2, 0.25) is 0 Å². The molecule has 1 spiro atoms. The smallest absolute Gasteiger partial charge is 0.475 e. The van der Waals surface area contributed by atoms with Gasteiger partial charge in [-0.2, -0.15) is 13.2 Å². The molecule has 1 unspecified atom stereocenters. The van der Waals surface area contributed by atoms with Crippen molar-refractivity contribution in [2.45, 2.75) is 24.6 Å². The zero-order valence-corrected chi connectivity index (χ0v) is 17.2. The van der Waals surface area contributed by atoms with E-state index in [0.29, 0.717) is 25.0 Å². The van der Waals surface area contributed by atoms with Crippen LogP contribution in [0.3, 0.4) is 0 Å². The Labute approximate surface area is 180 Å². The molecule has 2 N–H and O–H groups in total. The fraction of sp³-hybridized carbons (Fsp3) is 0.474. The van der Waals surface area contributed by atoms with E-state index in [1.165, 1.54) is 11.3 Å². The Kier molecular flexibility index (Phi) is 7.11. The number of nitrogens with zero attached hydrogens (tertiary/aromatic N) is 3. The number of likely N-dealkylation sites (tertiary alicyclic amines) is 1. The fourth-order valence-corrected chi connectivity index (χ4v) is 3.99. The number of carbonyl (C=O) groups is 2. The van der Waals surface area contributed by atoms with Crippen LogP contribution in [0.1, 0.15) is 22.5 Å². The van der Waals surface area contributed by atoms with Crippen LogP contribution in [0.5, 0.6) is 0 Å². The molecule has 0 aromatic carbocycles. The van der Waals surface area contributed by atoms with Crippen molar-refractivity contribution < 1.29 is 32.6 Å². The van der Waals surface area contributed by atoms with Crippen molar-refractivity contribution in [3.63, 3.8) is 0 Å². The molecule has 1 amide bonds. The molecule has 8 nitrogen and oxygen atoms in total. The zero-order valence-electron chi connectivity index (χ0n) is 16.3. The Morgan fingerprint density at radius 3 is 2.48 bits per heavy atom. The number of alkyl halides is 3. The average Bonchev–Trinajstić information content (AvgIpc) is 3.26. The van der Waals surface area contributed by atoms with Gasteiger partial charge in [0.1, 0.15) is 5.60 Å². The SMILES string of the molecule is O=C(O)C(F)(F)F.O=C(c1cccs1)N1CC2(CCC(CNc3ncccn3)CO2)C1. The number of aliphatic carboxylic acids is 1. The minimum absolute atomic E-state index is 0.118. The number of hydrogen-bond donors (Lipinski definition) is 2. The third-order valence-corrected chi connectivity index (χ3v) is 5.83. The number of halogens is 3. The number of hydrogen-bond acceptors (Lipinski definition) is 7. The van der Waals surface area contributed by atoms with Crippen molar-refractivity contribution in [1.29, 1.82) is 0 Å². The molecular weight excluding hydrogens is 437 g/mol. The predicted octanol–water partition coefficient (Wildman–Crippen LogP) is 2.90. The minimum atomic E-state index is -5.08. The second kappa shape index (κ2) is 9.60. The summed E-state index contributed by atoms with van der Waals surface area (Å²) in [5.74, 6) is -1.51. The third kappa shape index (κ3) is 6.14. The van der Waals surface area contributed by atoms with Gasteiger partial charge in [-0.25, -0.2) is 14.8 Å². The maximum Gasteiger partial charge on any atom is 0.490 e. The van der Waals surface area contributed by atoms with Gasteiger partial charge in [0, 0.05) is 18.9 Å². The summed E-state index contributed by atoms with van der Waals surface area (Å²) in [6.07, 6.45) is 0.481. The van der Waals surface area contributed by atoms with E-state index in [2.05, 4.69) is 15.3 Å². The number of rotatable bonds is 4. The number of anilines is 1. The Bertz CT molecular complexity index is 864. The molecule has 2 saturated heterocycles. The lowest BCUT2D eigenvalue weighted by atomic mass is 9.83. The highest BCUT2D eigenvalue weighted by molar-refractivity contribution is 7.12. The van der Waals surface area contributed by atoms with Crippen LogP contribution in [-0.2, 0) is 9.53 Å². The summed E-state index contributed by atoms with van der Waals surface area (Å²) >= 11 is 1.50. The van der Waals surface area contributed by atoms with Gasteiger partial charge in [-0.1, -0.05) is 6.07 Å². The van der Waals surface area contributed by atoms with E-state index in [0.717, 1.165) is 30.9 Å². The third-order valence-electron chi connectivity index (χ3n) is 4.97. The zero-order chi connectivity index (χ0) is 22.5. The van der Waals surface area contributed by atoms with Crippen LogP contribution < -0.4 is 5.32 Å². The molecule has 2 fully saturated rings. The number of amides is 1. The molecule has 2 aliphatic heterocycles. The molecule has 0 saturated carbocycles. The number of carbonyl (C=O) groups excluding carboxylic acids is 1. The van der Waals surface area contributed by atoms with Gasteiger partial charge < -0.3 is 20.1 Å². The molecule has 4 rings (SSSR count). The van der Waals surface area contributed by atoms with Crippen LogP contribution in [0.4, 0.5) is 19.1 Å². The van der Waals surface area contributed by atoms with Crippen molar-refractivity contribution in [3.8, 4) is 0 Å². The second-order valence-electron chi connectivity index (χ2n) is 7.29. The molecule has 0 bridgehead atoms. The Morgan fingerprint density at radius 2 is 1.97 bits per heavy atom. The van der Waals surface area contributed by atoms with Gasteiger partial charge in [-0.3, -0.25) is 4.79 Å². The van der Waals surface area contributed by atoms with E-state index in [9.17, 15) is 18.0 Å². The molecule has 12 heteroatoms. The van der Waals surface area contributed by atoms with Gasteiger partial charge in [0.15, 0.2) is 0 Å². The Morgan fingerprint density at radius 1 is 1.29 bits per heavy atom. The first-order chi connectivity index (χ1) is 14.7. The molecule has 2 aliphatic rings. The first kappa shape index (κ1) is 22.9. The average molecular weight is 458 g/mol. The van der Waals surface area contributed by atoms with Crippen LogP contribution >= 0.6 is 11.3 Å². The first-order valence-corrected chi connectivity index (χ1v) is 10.3. The van der Waals surface area contributed by atoms with Crippen LogP contribution in [-0.4, -0.2) is 69.9 Å². The van der Waals surface area contributed by atoms with Gasteiger partial charge in [0.2, 0.25) is 5.95 Å². The lowest BCUT2D eigenvalue weighted by Crippen LogP contribution is -2.66. The number of carboxylic acids is 1. The van der Waals surface area contributed by atoms with E-state index in [1.807, 2.05) is 22.4 Å². The topological polar surface area (TPSA) is 105 Å².